The summed E-state index contributed by atoms with van der Waals surface area (Å²) in [5.74, 6) is 0. The minimum absolute atomic E-state index is 0.119. The molecular formula is C87H64N2S. The number of anilines is 6. The normalized spacial score (nSPS) is 12.5. The molecule has 16 rings (SSSR count). The van der Waals surface area contributed by atoms with Crippen LogP contribution in [0.1, 0.15) is 48.6 Å². The molecule has 428 valence electrons. The van der Waals surface area contributed by atoms with E-state index in [9.17, 15) is 0 Å². The Morgan fingerprint density at radius 3 is 1.33 bits per heavy atom. The smallest absolute Gasteiger partial charge is 0.0720 e. The van der Waals surface area contributed by atoms with Crippen molar-refractivity contribution in [2.45, 2.75) is 31.6 Å². The zero-order chi connectivity index (χ0) is 60.3. The molecule has 0 aliphatic heterocycles. The Morgan fingerprint density at radius 2 is 0.767 bits per heavy atom. The van der Waals surface area contributed by atoms with Gasteiger partial charge >= 0.3 is 0 Å². The van der Waals surface area contributed by atoms with Gasteiger partial charge in [0, 0.05) is 49.2 Å². The Kier molecular flexibility index (Phi) is 13.6. The third-order valence-electron chi connectivity index (χ3n) is 18.4. The van der Waals surface area contributed by atoms with Gasteiger partial charge in [0.15, 0.2) is 0 Å². The highest BCUT2D eigenvalue weighted by Crippen LogP contribution is 2.64. The van der Waals surface area contributed by atoms with E-state index in [0.29, 0.717) is 0 Å². The maximum absolute atomic E-state index is 2.59. The number of nitrogens with zero attached hydrogens (tertiary/aromatic N) is 2. The molecule has 0 fully saturated rings. The molecule has 0 saturated carbocycles. The van der Waals surface area contributed by atoms with Crippen molar-refractivity contribution < 1.29 is 0 Å². The number of thiophene rings is 1. The number of rotatable bonds is 12. The van der Waals surface area contributed by atoms with E-state index in [1.54, 1.807) is 0 Å². The molecular weight excluding hydrogens is 1110 g/mol. The summed E-state index contributed by atoms with van der Waals surface area (Å²) in [4.78, 5) is 5.12. The lowest BCUT2D eigenvalue weighted by atomic mass is 9.66. The quantitative estimate of drug-likeness (QED) is 0.120. The highest BCUT2D eigenvalue weighted by atomic mass is 32.1. The zero-order valence-corrected chi connectivity index (χ0v) is 51.4. The van der Waals surface area contributed by atoms with E-state index in [2.05, 4.69) is 364 Å². The standard InChI is InChI=1S/C87H64N2S/c1-86(2,3)66-41-29-46-70(57-66)88(68-44-27-35-61(54-68)73-49-23-21-47-71(73)59-30-9-4-10-31-59)79-58-80-82(83-81(79)76-52-25-26-53-78(76)87(83,64-37-13-6-14-38-64)65-39-15-7-16-40-65)77-56-63-34-19-20-51-75(63)84(85(77)90-80)89(67-42-17-8-18-43-67)69-45-28-36-62(55-69)74-50-24-22-48-72(74)60-32-11-5-12-33-60/h4-58H,1-3H3. The minimum Gasteiger partial charge on any atom is -0.310 e. The molecule has 1 aliphatic carbocycles. The van der Waals surface area contributed by atoms with E-state index in [0.717, 1.165) is 45.3 Å². The highest BCUT2D eigenvalue weighted by Gasteiger charge is 2.49. The Bertz CT molecular complexity index is 5120. The van der Waals surface area contributed by atoms with Crippen LogP contribution in [0.2, 0.25) is 0 Å². The van der Waals surface area contributed by atoms with Crippen LogP contribution >= 0.6 is 11.3 Å². The Labute approximate surface area is 531 Å². The van der Waals surface area contributed by atoms with Crippen molar-refractivity contribution in [2.24, 2.45) is 0 Å². The zero-order valence-electron chi connectivity index (χ0n) is 50.6. The third kappa shape index (κ3) is 9.15. The van der Waals surface area contributed by atoms with Crippen LogP contribution in [0.15, 0.2) is 334 Å². The Balaban J connectivity index is 1.05. The first-order chi connectivity index (χ1) is 44.3. The third-order valence-corrected chi connectivity index (χ3v) is 19.6. The van der Waals surface area contributed by atoms with Gasteiger partial charge in [-0.1, -0.05) is 294 Å². The molecule has 0 radical (unpaired) electrons. The molecule has 90 heavy (non-hydrogen) atoms. The van der Waals surface area contributed by atoms with Gasteiger partial charge in [-0.25, -0.2) is 0 Å². The highest BCUT2D eigenvalue weighted by molar-refractivity contribution is 7.26. The van der Waals surface area contributed by atoms with Gasteiger partial charge in [0.25, 0.3) is 0 Å². The fourth-order valence-corrected chi connectivity index (χ4v) is 15.7. The minimum atomic E-state index is -0.752. The second-order valence-electron chi connectivity index (χ2n) is 24.7. The molecule has 0 amide bonds. The van der Waals surface area contributed by atoms with Crippen LogP contribution in [0.3, 0.4) is 0 Å². The number of para-hydroxylation sites is 1. The summed E-state index contributed by atoms with van der Waals surface area (Å²) >= 11 is 1.92. The SMILES string of the molecule is CC(C)(C)c1cccc(N(c2cccc(-c3ccccc3-c3ccccc3)c2)c2cc3sc4c(N(c5ccccc5)c5cccc(-c6ccccc6-c6ccccc6)c5)c5ccccc5cc4c3c3c2-c2ccccc2C3(c2ccccc2)c2ccccc2)c1. The predicted octanol–water partition coefficient (Wildman–Crippen LogP) is 24.5. The summed E-state index contributed by atoms with van der Waals surface area (Å²) in [7, 11) is 0. The molecule has 0 unspecified atom stereocenters. The van der Waals surface area contributed by atoms with Crippen molar-refractivity contribution in [3.8, 4) is 55.6 Å². The first-order valence-electron chi connectivity index (χ1n) is 31.2. The molecule has 1 aromatic heterocycles. The van der Waals surface area contributed by atoms with E-state index >= 15 is 0 Å². The molecule has 0 saturated heterocycles. The summed E-state index contributed by atoms with van der Waals surface area (Å²) in [5, 5.41) is 4.85. The van der Waals surface area contributed by atoms with Gasteiger partial charge in [-0.3, -0.25) is 0 Å². The van der Waals surface area contributed by atoms with E-state index in [-0.39, 0.29) is 5.41 Å². The summed E-state index contributed by atoms with van der Waals surface area (Å²) < 4.78 is 2.43. The molecule has 0 N–H and O–H groups in total. The first kappa shape index (κ1) is 54.5. The van der Waals surface area contributed by atoms with Crippen molar-refractivity contribution in [1.82, 2.24) is 0 Å². The predicted molar refractivity (Wildman–Crippen MR) is 384 cm³/mol. The Hall–Kier alpha value is -10.8. The van der Waals surface area contributed by atoms with Gasteiger partial charge in [-0.05, 0) is 149 Å². The van der Waals surface area contributed by atoms with Crippen LogP contribution in [0.5, 0.6) is 0 Å². The van der Waals surface area contributed by atoms with Crippen LogP contribution in [0, 0.1) is 0 Å². The summed E-state index contributed by atoms with van der Waals surface area (Å²) in [6.45, 7) is 6.97. The lowest BCUT2D eigenvalue weighted by molar-refractivity contribution is 0.590. The maximum atomic E-state index is 2.59. The van der Waals surface area contributed by atoms with Crippen LogP contribution in [-0.2, 0) is 10.8 Å². The van der Waals surface area contributed by atoms with Crippen LogP contribution < -0.4 is 9.80 Å². The number of hydrogen-bond donors (Lipinski definition) is 0. The van der Waals surface area contributed by atoms with Gasteiger partial charge in [0.2, 0.25) is 0 Å². The molecule has 0 spiro atoms. The van der Waals surface area contributed by atoms with Crippen molar-refractivity contribution >= 4 is 76.4 Å². The van der Waals surface area contributed by atoms with Crippen molar-refractivity contribution in [1.29, 1.82) is 0 Å². The largest absolute Gasteiger partial charge is 0.310 e. The van der Waals surface area contributed by atoms with Crippen molar-refractivity contribution in [3.05, 3.63) is 361 Å². The lowest BCUT2D eigenvalue weighted by Gasteiger charge is -2.35. The summed E-state index contributed by atoms with van der Waals surface area (Å²) in [6, 6.07) is 124. The van der Waals surface area contributed by atoms with Gasteiger partial charge in [-0.15, -0.1) is 11.3 Å². The van der Waals surface area contributed by atoms with Crippen LogP contribution in [-0.4, -0.2) is 0 Å². The van der Waals surface area contributed by atoms with Gasteiger partial charge < -0.3 is 9.80 Å². The van der Waals surface area contributed by atoms with E-state index in [1.807, 2.05) is 11.3 Å². The molecule has 14 aromatic carbocycles. The topological polar surface area (TPSA) is 6.48 Å². The van der Waals surface area contributed by atoms with E-state index in [1.165, 1.54) is 103 Å². The lowest BCUT2D eigenvalue weighted by Crippen LogP contribution is -2.29. The molecule has 2 nitrogen and oxygen atoms in total. The number of fused-ring (bicyclic) bond motifs is 8. The number of benzene rings is 14. The van der Waals surface area contributed by atoms with E-state index < -0.39 is 5.41 Å². The summed E-state index contributed by atoms with van der Waals surface area (Å²) in [5.41, 5.74) is 23.9. The fourth-order valence-electron chi connectivity index (χ4n) is 14.4. The molecule has 0 atom stereocenters. The monoisotopic (exact) mass is 1170 g/mol. The van der Waals surface area contributed by atoms with Gasteiger partial charge in [0.1, 0.15) is 0 Å². The second kappa shape index (κ2) is 22.4. The molecule has 1 aliphatic rings. The average Bonchev–Trinajstić information content (AvgIpc) is 1.50. The molecule has 15 aromatic rings. The fraction of sp³-hybridized carbons (Fsp3) is 0.0575. The number of hydrogen-bond acceptors (Lipinski definition) is 3. The Morgan fingerprint density at radius 1 is 0.333 bits per heavy atom. The van der Waals surface area contributed by atoms with Crippen molar-refractivity contribution in [3.63, 3.8) is 0 Å². The van der Waals surface area contributed by atoms with Crippen molar-refractivity contribution in [2.75, 3.05) is 9.80 Å². The van der Waals surface area contributed by atoms with Crippen LogP contribution in [0.25, 0.3) is 86.6 Å². The second-order valence-corrected chi connectivity index (χ2v) is 25.8. The molecule has 3 heteroatoms. The van der Waals surface area contributed by atoms with Gasteiger partial charge in [-0.2, -0.15) is 0 Å². The van der Waals surface area contributed by atoms with Gasteiger partial charge in [0.05, 0.1) is 21.5 Å². The first-order valence-corrected chi connectivity index (χ1v) is 32.0. The molecule has 1 heterocycles. The average molecular weight is 1170 g/mol. The van der Waals surface area contributed by atoms with Crippen LogP contribution in [0.4, 0.5) is 34.1 Å². The summed E-state index contributed by atoms with van der Waals surface area (Å²) in [6.07, 6.45) is 0. The maximum Gasteiger partial charge on any atom is 0.0720 e. The van der Waals surface area contributed by atoms with E-state index in [4.69, 9.17) is 0 Å². The molecule has 0 bridgehead atoms.